The fourth-order valence-corrected chi connectivity index (χ4v) is 3.13. The van der Waals surface area contributed by atoms with Crippen LogP contribution in [0.2, 0.25) is 0 Å². The molecule has 1 aliphatic carbocycles. The Morgan fingerprint density at radius 1 is 1.05 bits per heavy atom. The maximum atomic E-state index is 13.6. The van der Waals surface area contributed by atoms with Gasteiger partial charge in [0.15, 0.2) is 0 Å². The maximum Gasteiger partial charge on any atom is 0.123 e. The lowest BCUT2D eigenvalue weighted by atomic mass is 9.96. The van der Waals surface area contributed by atoms with E-state index in [1.165, 1.54) is 36.0 Å². The molecule has 0 aliphatic heterocycles. The van der Waals surface area contributed by atoms with Crippen LogP contribution in [0.3, 0.4) is 0 Å². The third-order valence-electron chi connectivity index (χ3n) is 4.22. The number of nitrogens with one attached hydrogen (secondary N) is 1. The molecule has 3 rings (SSSR count). The molecule has 0 heterocycles. The Balaban J connectivity index is 1.93. The van der Waals surface area contributed by atoms with E-state index in [1.54, 1.807) is 12.1 Å². The highest BCUT2D eigenvalue weighted by molar-refractivity contribution is 5.69. The van der Waals surface area contributed by atoms with E-state index in [4.69, 9.17) is 0 Å². The van der Waals surface area contributed by atoms with Gasteiger partial charge >= 0.3 is 0 Å². The molecule has 0 fully saturated rings. The molecule has 2 heteroatoms. The summed E-state index contributed by atoms with van der Waals surface area (Å²) in [6.07, 6.45) is 4.72. The second-order valence-electron chi connectivity index (χ2n) is 5.82. The Kier molecular flexibility index (Phi) is 4.35. The predicted octanol–water partition coefficient (Wildman–Crippen LogP) is 4.48. The molecule has 0 aromatic heterocycles. The minimum atomic E-state index is -0.159. The summed E-state index contributed by atoms with van der Waals surface area (Å²) in [5.74, 6) is -0.159. The summed E-state index contributed by atoms with van der Waals surface area (Å²) in [6.45, 7) is 3.82. The molecule has 0 saturated heterocycles. The molecule has 0 bridgehead atoms. The van der Waals surface area contributed by atoms with Gasteiger partial charge in [-0.2, -0.15) is 0 Å². The van der Waals surface area contributed by atoms with E-state index in [2.05, 4.69) is 30.4 Å². The predicted molar refractivity (Wildman–Crippen MR) is 85.9 cm³/mol. The number of halogens is 1. The number of hydrogen-bond donors (Lipinski definition) is 1. The number of rotatable bonds is 5. The van der Waals surface area contributed by atoms with Gasteiger partial charge in [0, 0.05) is 6.54 Å². The monoisotopic (exact) mass is 283 g/mol. The van der Waals surface area contributed by atoms with Crippen LogP contribution >= 0.6 is 0 Å². The molecule has 0 saturated carbocycles. The molecular weight excluding hydrogens is 261 g/mol. The number of aryl methyl sites for hydroxylation is 2. The van der Waals surface area contributed by atoms with Gasteiger partial charge in [-0.3, -0.25) is 0 Å². The first-order valence-electron chi connectivity index (χ1n) is 7.89. The van der Waals surface area contributed by atoms with Crippen molar-refractivity contribution in [1.82, 2.24) is 5.32 Å². The molecule has 1 nitrogen and oxygen atoms in total. The van der Waals surface area contributed by atoms with Crippen LogP contribution in [0.1, 0.15) is 36.5 Å². The van der Waals surface area contributed by atoms with Crippen molar-refractivity contribution in [2.24, 2.45) is 0 Å². The normalized spacial score (nSPS) is 13.4. The molecule has 21 heavy (non-hydrogen) atoms. The van der Waals surface area contributed by atoms with Crippen molar-refractivity contribution >= 4 is 0 Å². The lowest BCUT2D eigenvalue weighted by molar-refractivity contribution is 0.619. The Morgan fingerprint density at radius 3 is 2.76 bits per heavy atom. The molecule has 0 spiro atoms. The quantitative estimate of drug-likeness (QED) is 0.798. The third kappa shape index (κ3) is 3.16. The van der Waals surface area contributed by atoms with Crippen LogP contribution in [0.4, 0.5) is 4.39 Å². The zero-order chi connectivity index (χ0) is 14.7. The summed E-state index contributed by atoms with van der Waals surface area (Å²) in [5.41, 5.74) is 6.34. The first-order valence-corrected chi connectivity index (χ1v) is 7.89. The fraction of sp³-hybridized carbons (Fsp3) is 0.368. The summed E-state index contributed by atoms with van der Waals surface area (Å²) in [4.78, 5) is 0. The van der Waals surface area contributed by atoms with E-state index < -0.39 is 0 Å². The van der Waals surface area contributed by atoms with Crippen molar-refractivity contribution in [3.05, 3.63) is 58.9 Å². The van der Waals surface area contributed by atoms with Crippen molar-refractivity contribution in [1.29, 1.82) is 0 Å². The van der Waals surface area contributed by atoms with Crippen molar-refractivity contribution in [2.45, 2.75) is 39.2 Å². The van der Waals surface area contributed by atoms with Crippen molar-refractivity contribution < 1.29 is 4.39 Å². The van der Waals surface area contributed by atoms with Crippen LogP contribution < -0.4 is 5.32 Å². The molecule has 0 atom stereocenters. The third-order valence-corrected chi connectivity index (χ3v) is 4.22. The summed E-state index contributed by atoms with van der Waals surface area (Å²) in [7, 11) is 0. The highest BCUT2D eigenvalue weighted by Gasteiger charge is 2.13. The summed E-state index contributed by atoms with van der Waals surface area (Å²) < 4.78 is 13.6. The fourth-order valence-electron chi connectivity index (χ4n) is 3.13. The Morgan fingerprint density at radius 2 is 1.90 bits per heavy atom. The molecule has 2 aromatic carbocycles. The summed E-state index contributed by atoms with van der Waals surface area (Å²) in [5, 5.41) is 3.37. The minimum Gasteiger partial charge on any atom is -0.313 e. The number of benzene rings is 2. The molecule has 0 unspecified atom stereocenters. The Hall–Kier alpha value is -1.67. The van der Waals surface area contributed by atoms with Gasteiger partial charge in [-0.15, -0.1) is 0 Å². The van der Waals surface area contributed by atoms with Gasteiger partial charge < -0.3 is 5.32 Å². The molecular formula is C19H22FN. The zero-order valence-electron chi connectivity index (χ0n) is 12.6. The lowest BCUT2D eigenvalue weighted by Gasteiger charge is -2.12. The van der Waals surface area contributed by atoms with Crippen LogP contribution in [0.25, 0.3) is 11.1 Å². The van der Waals surface area contributed by atoms with Gasteiger partial charge in [-0.25, -0.2) is 4.39 Å². The van der Waals surface area contributed by atoms with Crippen molar-refractivity contribution in [3.63, 3.8) is 0 Å². The molecule has 110 valence electrons. The summed E-state index contributed by atoms with van der Waals surface area (Å²) >= 11 is 0. The van der Waals surface area contributed by atoms with Crippen LogP contribution in [-0.2, 0) is 19.4 Å². The lowest BCUT2D eigenvalue weighted by Crippen LogP contribution is -2.14. The van der Waals surface area contributed by atoms with Crippen LogP contribution in [-0.4, -0.2) is 6.54 Å². The highest BCUT2D eigenvalue weighted by atomic mass is 19.1. The van der Waals surface area contributed by atoms with Gasteiger partial charge in [-0.05, 0) is 72.2 Å². The smallest absolute Gasteiger partial charge is 0.123 e. The van der Waals surface area contributed by atoms with E-state index >= 15 is 0 Å². The van der Waals surface area contributed by atoms with Crippen molar-refractivity contribution in [3.8, 4) is 11.1 Å². The average molecular weight is 283 g/mol. The van der Waals surface area contributed by atoms with E-state index in [0.717, 1.165) is 30.6 Å². The first-order chi connectivity index (χ1) is 10.3. The molecule has 1 aliphatic rings. The molecule has 0 amide bonds. The Labute approximate surface area is 126 Å². The van der Waals surface area contributed by atoms with E-state index in [-0.39, 0.29) is 5.82 Å². The number of fused-ring (bicyclic) bond motifs is 1. The van der Waals surface area contributed by atoms with Gasteiger partial charge in [0.05, 0.1) is 0 Å². The SMILES string of the molecule is CCCNCc1cc(F)ccc1-c1ccc2c(c1)CCC2. The molecule has 2 aromatic rings. The number of hydrogen-bond acceptors (Lipinski definition) is 1. The summed E-state index contributed by atoms with van der Waals surface area (Å²) in [6, 6.07) is 11.8. The Bertz CT molecular complexity index is 633. The zero-order valence-corrected chi connectivity index (χ0v) is 12.6. The second kappa shape index (κ2) is 6.40. The van der Waals surface area contributed by atoms with Gasteiger partial charge in [-0.1, -0.05) is 31.2 Å². The van der Waals surface area contributed by atoms with E-state index in [0.29, 0.717) is 0 Å². The van der Waals surface area contributed by atoms with Crippen molar-refractivity contribution in [2.75, 3.05) is 6.54 Å². The maximum absolute atomic E-state index is 13.6. The van der Waals surface area contributed by atoms with Crippen LogP contribution in [0.15, 0.2) is 36.4 Å². The van der Waals surface area contributed by atoms with Crippen LogP contribution in [0, 0.1) is 5.82 Å². The van der Waals surface area contributed by atoms with Gasteiger partial charge in [0.25, 0.3) is 0 Å². The first kappa shape index (κ1) is 14.3. The molecule has 0 radical (unpaired) electrons. The topological polar surface area (TPSA) is 12.0 Å². The average Bonchev–Trinajstić information content (AvgIpc) is 2.95. The standard InChI is InChI=1S/C19H22FN/c1-2-10-21-13-17-12-18(20)8-9-19(17)16-7-6-14-4-3-5-15(14)11-16/h6-9,11-12,21H,2-5,10,13H2,1H3. The van der Waals surface area contributed by atoms with E-state index in [1.807, 2.05) is 6.07 Å². The second-order valence-corrected chi connectivity index (χ2v) is 5.82. The van der Waals surface area contributed by atoms with Crippen LogP contribution in [0.5, 0.6) is 0 Å². The van der Waals surface area contributed by atoms with Gasteiger partial charge in [0.1, 0.15) is 5.82 Å². The van der Waals surface area contributed by atoms with Gasteiger partial charge in [0.2, 0.25) is 0 Å². The van der Waals surface area contributed by atoms with E-state index in [9.17, 15) is 4.39 Å². The minimum absolute atomic E-state index is 0.159. The highest BCUT2D eigenvalue weighted by Crippen LogP contribution is 2.30. The molecule has 1 N–H and O–H groups in total. The largest absolute Gasteiger partial charge is 0.313 e.